The molecule has 2 atom stereocenters. The van der Waals surface area contributed by atoms with Crippen LogP contribution < -0.4 is 5.32 Å². The number of hydrogen-bond acceptors (Lipinski definition) is 1. The van der Waals surface area contributed by atoms with Gasteiger partial charge in [-0.25, -0.2) is 0 Å². The highest BCUT2D eigenvalue weighted by molar-refractivity contribution is 7.80. The Kier molecular flexibility index (Phi) is 2.68. The number of thiocarbonyl (C=S) groups is 1. The minimum atomic E-state index is 0.600. The highest BCUT2D eigenvalue weighted by atomic mass is 32.1. The second kappa shape index (κ2) is 4.17. The molecule has 3 aliphatic rings. The van der Waals surface area contributed by atoms with Crippen molar-refractivity contribution >= 4 is 17.2 Å². The highest BCUT2D eigenvalue weighted by Gasteiger charge is 2.33. The molecule has 2 aliphatic carbocycles. The number of allylic oxidation sites excluding steroid dienone is 4. The van der Waals surface area contributed by atoms with Gasteiger partial charge in [0.25, 0.3) is 0 Å². The lowest BCUT2D eigenvalue weighted by Crippen LogP contribution is -2.46. The van der Waals surface area contributed by atoms with Gasteiger partial charge in [-0.3, -0.25) is 0 Å². The van der Waals surface area contributed by atoms with Crippen LogP contribution in [-0.4, -0.2) is 11.0 Å². The molecule has 1 nitrogen and oxygen atoms in total. The van der Waals surface area contributed by atoms with E-state index >= 15 is 0 Å². The van der Waals surface area contributed by atoms with E-state index in [1.54, 1.807) is 0 Å². The van der Waals surface area contributed by atoms with Crippen LogP contribution in [-0.2, 0) is 0 Å². The van der Waals surface area contributed by atoms with Crippen LogP contribution in [0.5, 0.6) is 0 Å². The molecule has 1 N–H and O–H groups in total. The molecule has 0 bridgehead atoms. The molecule has 0 saturated heterocycles. The zero-order valence-corrected chi connectivity index (χ0v) is 10.2. The van der Waals surface area contributed by atoms with Gasteiger partial charge in [-0.15, -0.1) is 0 Å². The Morgan fingerprint density at radius 2 is 2.06 bits per heavy atom. The molecule has 3 rings (SSSR count). The van der Waals surface area contributed by atoms with Crippen molar-refractivity contribution in [3.05, 3.63) is 35.5 Å². The molecule has 0 amide bonds. The third kappa shape index (κ3) is 1.65. The van der Waals surface area contributed by atoms with Crippen LogP contribution in [0.4, 0.5) is 0 Å². The van der Waals surface area contributed by atoms with Crippen molar-refractivity contribution in [3.8, 4) is 0 Å². The van der Waals surface area contributed by atoms with E-state index in [2.05, 4.69) is 29.6 Å². The van der Waals surface area contributed by atoms with E-state index in [0.717, 1.165) is 11.4 Å². The zero-order valence-electron chi connectivity index (χ0n) is 9.41. The molecule has 2 heteroatoms. The standard InChI is InChI=1S/C14H17NS/c16-14-12-8-3-1-2-6-10(12)11-7-4-5-9-13(11)15-14/h1-3,6,11,13H,4-5,7-9H2,(H,15,16). The minimum absolute atomic E-state index is 0.600. The van der Waals surface area contributed by atoms with Gasteiger partial charge in [-0.2, -0.15) is 0 Å². The van der Waals surface area contributed by atoms with Gasteiger partial charge in [-0.05, 0) is 30.4 Å². The summed E-state index contributed by atoms with van der Waals surface area (Å²) in [5.41, 5.74) is 2.88. The maximum absolute atomic E-state index is 5.50. The van der Waals surface area contributed by atoms with Gasteiger partial charge in [0.1, 0.15) is 4.99 Å². The minimum Gasteiger partial charge on any atom is -0.373 e. The summed E-state index contributed by atoms with van der Waals surface area (Å²) in [5.74, 6) is 0.701. The second-order valence-electron chi connectivity index (χ2n) is 4.90. The largest absolute Gasteiger partial charge is 0.373 e. The van der Waals surface area contributed by atoms with E-state index in [0.29, 0.717) is 12.0 Å². The first-order valence-corrected chi connectivity index (χ1v) is 6.64. The molecule has 2 unspecified atom stereocenters. The molecule has 0 aromatic rings. The average molecular weight is 231 g/mol. The normalized spacial score (nSPS) is 32.9. The fourth-order valence-electron chi connectivity index (χ4n) is 3.14. The number of hydrogen-bond donors (Lipinski definition) is 1. The van der Waals surface area contributed by atoms with Crippen LogP contribution in [0.25, 0.3) is 0 Å². The van der Waals surface area contributed by atoms with Crippen LogP contribution in [0.2, 0.25) is 0 Å². The van der Waals surface area contributed by atoms with Gasteiger partial charge < -0.3 is 5.32 Å². The summed E-state index contributed by atoms with van der Waals surface area (Å²) in [7, 11) is 0. The van der Waals surface area contributed by atoms with Gasteiger partial charge in [0.05, 0.1) is 0 Å². The summed E-state index contributed by atoms with van der Waals surface area (Å²) < 4.78 is 0. The summed E-state index contributed by atoms with van der Waals surface area (Å²) in [6.45, 7) is 0. The van der Waals surface area contributed by atoms with E-state index < -0.39 is 0 Å². The van der Waals surface area contributed by atoms with Crippen molar-refractivity contribution in [3.63, 3.8) is 0 Å². The predicted molar refractivity (Wildman–Crippen MR) is 71.4 cm³/mol. The summed E-state index contributed by atoms with van der Waals surface area (Å²) in [5, 5.41) is 3.55. The SMILES string of the molecule is S=C1NC2CCCCC2C2=C1CC=CC=C2. The Bertz CT molecular complexity index is 403. The van der Waals surface area contributed by atoms with Crippen LogP contribution in [0.15, 0.2) is 35.5 Å². The lowest BCUT2D eigenvalue weighted by molar-refractivity contribution is 0.322. The summed E-state index contributed by atoms with van der Waals surface area (Å²) in [4.78, 5) is 0.995. The van der Waals surface area contributed by atoms with Crippen molar-refractivity contribution in [2.45, 2.75) is 38.1 Å². The summed E-state index contributed by atoms with van der Waals surface area (Å²) >= 11 is 5.50. The number of rotatable bonds is 0. The smallest absolute Gasteiger partial charge is 0.103 e. The molecular formula is C14H17NS. The Hall–Kier alpha value is -0.890. The fourth-order valence-corrected chi connectivity index (χ4v) is 3.50. The quantitative estimate of drug-likeness (QED) is 0.642. The molecule has 1 heterocycles. The third-order valence-electron chi connectivity index (χ3n) is 3.95. The van der Waals surface area contributed by atoms with Gasteiger partial charge in [-0.1, -0.05) is 49.4 Å². The van der Waals surface area contributed by atoms with Crippen LogP contribution >= 0.6 is 12.2 Å². The first-order valence-electron chi connectivity index (χ1n) is 6.23. The van der Waals surface area contributed by atoms with Crippen molar-refractivity contribution in [2.24, 2.45) is 5.92 Å². The number of nitrogens with one attached hydrogen (secondary N) is 1. The van der Waals surface area contributed by atoms with Crippen molar-refractivity contribution in [1.29, 1.82) is 0 Å². The van der Waals surface area contributed by atoms with Crippen molar-refractivity contribution in [1.82, 2.24) is 5.32 Å². The topological polar surface area (TPSA) is 12.0 Å². The predicted octanol–water partition coefficient (Wildman–Crippen LogP) is 3.29. The Balaban J connectivity index is 2.01. The van der Waals surface area contributed by atoms with Gasteiger partial charge in [0.15, 0.2) is 0 Å². The third-order valence-corrected chi connectivity index (χ3v) is 4.31. The van der Waals surface area contributed by atoms with E-state index in [1.165, 1.54) is 36.8 Å². The second-order valence-corrected chi connectivity index (χ2v) is 5.30. The molecule has 0 aromatic carbocycles. The Morgan fingerprint density at radius 3 is 3.00 bits per heavy atom. The van der Waals surface area contributed by atoms with Crippen molar-refractivity contribution < 1.29 is 0 Å². The Morgan fingerprint density at radius 1 is 1.19 bits per heavy atom. The van der Waals surface area contributed by atoms with Gasteiger partial charge in [0, 0.05) is 12.0 Å². The monoisotopic (exact) mass is 231 g/mol. The zero-order chi connectivity index (χ0) is 11.0. The molecule has 0 radical (unpaired) electrons. The maximum Gasteiger partial charge on any atom is 0.103 e. The molecular weight excluding hydrogens is 214 g/mol. The summed E-state index contributed by atoms with van der Waals surface area (Å²) in [6.07, 6.45) is 15.1. The maximum atomic E-state index is 5.50. The molecule has 16 heavy (non-hydrogen) atoms. The van der Waals surface area contributed by atoms with E-state index in [1.807, 2.05) is 0 Å². The van der Waals surface area contributed by atoms with Gasteiger partial charge >= 0.3 is 0 Å². The van der Waals surface area contributed by atoms with Crippen LogP contribution in [0.1, 0.15) is 32.1 Å². The fraction of sp³-hybridized carbons (Fsp3) is 0.500. The first-order chi connectivity index (χ1) is 7.86. The van der Waals surface area contributed by atoms with Crippen LogP contribution in [0.3, 0.4) is 0 Å². The molecule has 1 saturated carbocycles. The molecule has 84 valence electrons. The van der Waals surface area contributed by atoms with E-state index in [4.69, 9.17) is 12.2 Å². The lowest BCUT2D eigenvalue weighted by atomic mass is 9.75. The molecule has 1 aliphatic heterocycles. The summed E-state index contributed by atoms with van der Waals surface area (Å²) in [6, 6.07) is 0.600. The van der Waals surface area contributed by atoms with E-state index in [-0.39, 0.29) is 0 Å². The highest BCUT2D eigenvalue weighted by Crippen LogP contribution is 2.37. The van der Waals surface area contributed by atoms with E-state index in [9.17, 15) is 0 Å². The van der Waals surface area contributed by atoms with Crippen molar-refractivity contribution in [2.75, 3.05) is 0 Å². The molecule has 0 spiro atoms. The van der Waals surface area contributed by atoms with Crippen LogP contribution in [0, 0.1) is 5.92 Å². The lowest BCUT2D eigenvalue weighted by Gasteiger charge is -2.39. The molecule has 1 fully saturated rings. The average Bonchev–Trinajstić information content (AvgIpc) is 2.55. The molecule has 0 aromatic heterocycles. The first kappa shape index (κ1) is 10.3. The number of fused-ring (bicyclic) bond motifs is 2. The van der Waals surface area contributed by atoms with Gasteiger partial charge in [0.2, 0.25) is 0 Å². The Labute approximate surface area is 102 Å².